The molecule has 6 nitrogen and oxygen atoms in total. The molecule has 1 amide bonds. The Morgan fingerprint density at radius 3 is 2.24 bits per heavy atom. The third kappa shape index (κ3) is 6.02. The number of aromatic nitrogens is 1. The Morgan fingerprint density at radius 2 is 1.70 bits per heavy atom. The van der Waals surface area contributed by atoms with Crippen LogP contribution in [-0.2, 0) is 5.41 Å². The molecular weight excluding hydrogens is 414 g/mol. The summed E-state index contributed by atoms with van der Waals surface area (Å²) in [6.07, 6.45) is 0. The Morgan fingerprint density at radius 1 is 1.06 bits per heavy atom. The first kappa shape index (κ1) is 24.5. The molecule has 2 aromatic carbocycles. The van der Waals surface area contributed by atoms with E-state index in [0.29, 0.717) is 12.3 Å². The molecule has 1 atom stereocenters. The van der Waals surface area contributed by atoms with Gasteiger partial charge < -0.3 is 14.6 Å². The molecule has 0 radical (unpaired) electrons. The van der Waals surface area contributed by atoms with E-state index in [-0.39, 0.29) is 23.1 Å². The molecule has 1 N–H and O–H groups in total. The van der Waals surface area contributed by atoms with Crippen LogP contribution in [0, 0.1) is 0 Å². The van der Waals surface area contributed by atoms with Crippen molar-refractivity contribution < 1.29 is 14.1 Å². The average molecular weight is 450 g/mol. The smallest absolute Gasteiger partial charge is 0.273 e. The van der Waals surface area contributed by atoms with Gasteiger partial charge in [-0.2, -0.15) is 0 Å². The van der Waals surface area contributed by atoms with E-state index in [9.17, 15) is 4.79 Å². The van der Waals surface area contributed by atoms with Gasteiger partial charge >= 0.3 is 0 Å². The molecule has 0 saturated carbocycles. The number of rotatable bonds is 9. The summed E-state index contributed by atoms with van der Waals surface area (Å²) < 4.78 is 10.6. The van der Waals surface area contributed by atoms with Gasteiger partial charge in [0.25, 0.3) is 5.91 Å². The van der Waals surface area contributed by atoms with Crippen LogP contribution in [0.3, 0.4) is 0 Å². The first-order valence-electron chi connectivity index (χ1n) is 11.5. The van der Waals surface area contributed by atoms with Crippen LogP contribution < -0.4 is 10.1 Å². The first-order chi connectivity index (χ1) is 15.8. The van der Waals surface area contributed by atoms with Crippen LogP contribution in [0.2, 0.25) is 0 Å². The number of methoxy groups -OCH3 is 1. The first-order valence-corrected chi connectivity index (χ1v) is 11.5. The second-order valence-corrected chi connectivity index (χ2v) is 9.12. The highest BCUT2D eigenvalue weighted by Crippen LogP contribution is 2.27. The van der Waals surface area contributed by atoms with Gasteiger partial charge in [0.2, 0.25) is 0 Å². The van der Waals surface area contributed by atoms with Crippen molar-refractivity contribution in [2.45, 2.75) is 46.1 Å². The zero-order valence-corrected chi connectivity index (χ0v) is 20.5. The summed E-state index contributed by atoms with van der Waals surface area (Å²) >= 11 is 0. The van der Waals surface area contributed by atoms with Crippen molar-refractivity contribution in [3.05, 3.63) is 71.4 Å². The van der Waals surface area contributed by atoms with Crippen molar-refractivity contribution in [3.63, 3.8) is 0 Å². The molecule has 0 bridgehead atoms. The highest BCUT2D eigenvalue weighted by Gasteiger charge is 2.22. The molecule has 3 aromatic rings. The van der Waals surface area contributed by atoms with E-state index >= 15 is 0 Å². The number of nitrogens with zero attached hydrogens (tertiary/aromatic N) is 2. The van der Waals surface area contributed by atoms with Gasteiger partial charge in [0.05, 0.1) is 13.2 Å². The van der Waals surface area contributed by atoms with E-state index in [0.717, 1.165) is 24.4 Å². The van der Waals surface area contributed by atoms with Gasteiger partial charge in [0.1, 0.15) is 5.75 Å². The molecule has 1 aromatic heterocycles. The number of carbonyl (C=O) groups is 1. The van der Waals surface area contributed by atoms with Gasteiger partial charge in [-0.25, -0.2) is 0 Å². The monoisotopic (exact) mass is 449 g/mol. The van der Waals surface area contributed by atoms with Crippen LogP contribution in [0.15, 0.2) is 59.1 Å². The highest BCUT2D eigenvalue weighted by atomic mass is 16.5. The van der Waals surface area contributed by atoms with Crippen molar-refractivity contribution in [2.24, 2.45) is 0 Å². The van der Waals surface area contributed by atoms with E-state index < -0.39 is 0 Å². The summed E-state index contributed by atoms with van der Waals surface area (Å²) in [5.41, 5.74) is 3.68. The maximum atomic E-state index is 12.8. The van der Waals surface area contributed by atoms with Crippen LogP contribution in [0.5, 0.6) is 5.75 Å². The molecule has 0 aliphatic heterocycles. The van der Waals surface area contributed by atoms with E-state index in [1.54, 1.807) is 13.2 Å². The van der Waals surface area contributed by atoms with E-state index in [1.165, 1.54) is 11.1 Å². The molecule has 1 heterocycles. The quantitative estimate of drug-likeness (QED) is 0.470. The topological polar surface area (TPSA) is 67.6 Å². The lowest BCUT2D eigenvalue weighted by Gasteiger charge is -2.31. The third-order valence-electron chi connectivity index (χ3n) is 5.99. The second kappa shape index (κ2) is 10.7. The Hall–Kier alpha value is -3.12. The SMILES string of the molecule is CCN(CC)[C@@H](CNC(=O)c1cc(-c2ccc(OC)cc2)on1)c1ccc(C(C)(C)C)cc1. The van der Waals surface area contributed by atoms with E-state index in [2.05, 4.69) is 74.3 Å². The fraction of sp³-hybridized carbons (Fsp3) is 0.407. The lowest BCUT2D eigenvalue weighted by atomic mass is 9.86. The Bertz CT molecular complexity index is 1030. The highest BCUT2D eigenvalue weighted by molar-refractivity contribution is 5.93. The molecule has 0 aliphatic rings. The number of benzene rings is 2. The van der Waals surface area contributed by atoms with Crippen LogP contribution in [0.1, 0.15) is 62.3 Å². The minimum atomic E-state index is -0.248. The molecule has 0 aliphatic carbocycles. The van der Waals surface area contributed by atoms with E-state index in [1.807, 2.05) is 24.3 Å². The zero-order chi connectivity index (χ0) is 24.0. The predicted molar refractivity (Wildman–Crippen MR) is 132 cm³/mol. The van der Waals surface area contributed by atoms with Crippen molar-refractivity contribution in [2.75, 3.05) is 26.7 Å². The summed E-state index contributed by atoms with van der Waals surface area (Å²) in [5, 5.41) is 7.03. The number of hydrogen-bond acceptors (Lipinski definition) is 5. The number of likely N-dealkylation sites (N-methyl/N-ethyl adjacent to an activating group) is 1. The largest absolute Gasteiger partial charge is 0.497 e. The molecule has 3 rings (SSSR count). The molecule has 0 saturated heterocycles. The summed E-state index contributed by atoms with van der Waals surface area (Å²) in [5.74, 6) is 1.05. The van der Waals surface area contributed by atoms with Gasteiger partial charge in [-0.3, -0.25) is 9.69 Å². The fourth-order valence-electron chi connectivity index (χ4n) is 3.88. The zero-order valence-electron chi connectivity index (χ0n) is 20.5. The maximum absolute atomic E-state index is 12.8. The van der Waals surface area contributed by atoms with Crippen LogP contribution in [-0.4, -0.2) is 42.7 Å². The number of amides is 1. The van der Waals surface area contributed by atoms with Crippen LogP contribution >= 0.6 is 0 Å². The van der Waals surface area contributed by atoms with Gasteiger partial charge in [-0.05, 0) is 53.9 Å². The molecule has 33 heavy (non-hydrogen) atoms. The third-order valence-corrected chi connectivity index (χ3v) is 5.99. The van der Waals surface area contributed by atoms with Gasteiger partial charge in [-0.1, -0.05) is 64.0 Å². The molecule has 6 heteroatoms. The van der Waals surface area contributed by atoms with Crippen molar-refractivity contribution in [1.82, 2.24) is 15.4 Å². The molecular formula is C27H35N3O3. The standard InChI is InChI=1S/C27H35N3O3/c1-7-30(8-2)24(19-9-13-21(14-10-19)27(3,4)5)18-28-26(31)23-17-25(33-29-23)20-11-15-22(32-6)16-12-20/h9-17,24H,7-8,18H2,1-6H3,(H,28,31)/t24-/m0/s1. The maximum Gasteiger partial charge on any atom is 0.273 e. The Kier molecular flexibility index (Phi) is 7.92. The van der Waals surface area contributed by atoms with E-state index in [4.69, 9.17) is 9.26 Å². The molecule has 0 spiro atoms. The summed E-state index contributed by atoms with van der Waals surface area (Å²) in [6, 6.07) is 17.9. The fourth-order valence-corrected chi connectivity index (χ4v) is 3.88. The van der Waals surface area contributed by atoms with Crippen molar-refractivity contribution in [3.8, 4) is 17.1 Å². The van der Waals surface area contributed by atoms with Crippen LogP contribution in [0.25, 0.3) is 11.3 Å². The Balaban J connectivity index is 1.72. The summed E-state index contributed by atoms with van der Waals surface area (Å²) in [7, 11) is 1.62. The van der Waals surface area contributed by atoms with Gasteiger partial charge in [-0.15, -0.1) is 0 Å². The van der Waals surface area contributed by atoms with Gasteiger partial charge in [0, 0.05) is 18.2 Å². The lowest BCUT2D eigenvalue weighted by molar-refractivity contribution is 0.0926. The summed E-state index contributed by atoms with van der Waals surface area (Å²) in [4.78, 5) is 15.2. The average Bonchev–Trinajstić information content (AvgIpc) is 3.32. The van der Waals surface area contributed by atoms with Gasteiger partial charge in [0.15, 0.2) is 11.5 Å². The Labute approximate surface area is 196 Å². The normalized spacial score (nSPS) is 12.6. The minimum absolute atomic E-state index is 0.0749. The molecule has 176 valence electrons. The number of hydrogen-bond donors (Lipinski definition) is 1. The van der Waals surface area contributed by atoms with Crippen molar-refractivity contribution >= 4 is 5.91 Å². The summed E-state index contributed by atoms with van der Waals surface area (Å²) in [6.45, 7) is 13.2. The number of nitrogens with one attached hydrogen (secondary N) is 1. The molecule has 0 fully saturated rings. The number of carbonyl (C=O) groups excluding carboxylic acids is 1. The second-order valence-electron chi connectivity index (χ2n) is 9.12. The molecule has 0 unspecified atom stereocenters. The predicted octanol–water partition coefficient (Wildman–Crippen LogP) is 5.46. The number of ether oxygens (including phenoxy) is 1. The minimum Gasteiger partial charge on any atom is -0.497 e. The lowest BCUT2D eigenvalue weighted by Crippen LogP contribution is -2.38. The van der Waals surface area contributed by atoms with Crippen LogP contribution in [0.4, 0.5) is 0 Å². The van der Waals surface area contributed by atoms with Crippen molar-refractivity contribution in [1.29, 1.82) is 0 Å².